The van der Waals surface area contributed by atoms with Crippen molar-refractivity contribution in [1.82, 2.24) is 9.78 Å². The lowest BCUT2D eigenvalue weighted by Gasteiger charge is -2.31. The third kappa shape index (κ3) is 2.24. The normalized spacial score (nSPS) is 14.2. The zero-order valence-electron chi connectivity index (χ0n) is 9.84. The Morgan fingerprint density at radius 2 is 1.58 bits per heavy atom. The van der Waals surface area contributed by atoms with Crippen LogP contribution in [-0.4, -0.2) is 27.2 Å². The fourth-order valence-electron chi connectivity index (χ4n) is 1.53. The molecule has 0 aromatic carbocycles. The van der Waals surface area contributed by atoms with Crippen molar-refractivity contribution in [2.75, 3.05) is 5.73 Å². The average molecular weight is 291 g/mol. The van der Waals surface area contributed by atoms with Crippen molar-refractivity contribution in [2.45, 2.75) is 37.8 Å². The van der Waals surface area contributed by atoms with Gasteiger partial charge >= 0.3 is 12.4 Å². The van der Waals surface area contributed by atoms with Gasteiger partial charge in [-0.1, -0.05) is 0 Å². The molecule has 0 spiro atoms. The summed E-state index contributed by atoms with van der Waals surface area (Å²) in [6, 6.07) is -0.556. The molecule has 10 heteroatoms. The van der Waals surface area contributed by atoms with E-state index in [0.29, 0.717) is 0 Å². The second kappa shape index (κ2) is 4.29. The van der Waals surface area contributed by atoms with Gasteiger partial charge in [-0.05, 0) is 13.8 Å². The van der Waals surface area contributed by atoms with Crippen molar-refractivity contribution < 1.29 is 31.4 Å². The fourth-order valence-corrected chi connectivity index (χ4v) is 1.53. The molecule has 1 heterocycles. The van der Waals surface area contributed by atoms with Gasteiger partial charge in [-0.15, -0.1) is 0 Å². The molecule has 0 aliphatic rings. The van der Waals surface area contributed by atoms with Crippen molar-refractivity contribution in [3.8, 4) is 0 Å². The Labute approximate surface area is 103 Å². The molecule has 1 rings (SSSR count). The number of anilines is 1. The van der Waals surface area contributed by atoms with Crippen LogP contribution in [0.15, 0.2) is 6.20 Å². The second-order valence-electron chi connectivity index (χ2n) is 4.19. The summed E-state index contributed by atoms with van der Waals surface area (Å²) >= 11 is 0. The molecule has 0 aliphatic heterocycles. The molecule has 3 N–H and O–H groups in total. The number of aliphatic hydroxyl groups is 1. The third-order valence-corrected chi connectivity index (χ3v) is 2.53. The summed E-state index contributed by atoms with van der Waals surface area (Å²) in [6.45, 7) is 2.93. The number of hydrogen-bond acceptors (Lipinski definition) is 3. The van der Waals surface area contributed by atoms with E-state index in [0.717, 1.165) is 4.68 Å². The standard InChI is InChI=1S/C9H11F6N3O/c1-4(2)18-6(16)5(3-17-18)7(19,8(10,11)12)9(13,14)15/h3-4,19H,16H2,1-2H3. The lowest BCUT2D eigenvalue weighted by atomic mass is 9.94. The first-order valence-electron chi connectivity index (χ1n) is 5.03. The molecule has 0 amide bonds. The van der Waals surface area contributed by atoms with Gasteiger partial charge in [0.1, 0.15) is 5.82 Å². The smallest absolute Gasteiger partial charge is 0.384 e. The van der Waals surface area contributed by atoms with Crippen LogP contribution in [0.3, 0.4) is 0 Å². The maximum absolute atomic E-state index is 12.6. The minimum atomic E-state index is -5.97. The van der Waals surface area contributed by atoms with Gasteiger partial charge in [0.05, 0.1) is 11.8 Å². The van der Waals surface area contributed by atoms with Gasteiger partial charge in [0.25, 0.3) is 5.60 Å². The second-order valence-corrected chi connectivity index (χ2v) is 4.19. The van der Waals surface area contributed by atoms with Crippen LogP contribution in [0.4, 0.5) is 32.2 Å². The molecule has 0 aliphatic carbocycles. The largest absolute Gasteiger partial charge is 0.430 e. The summed E-state index contributed by atoms with van der Waals surface area (Å²) in [6.07, 6.45) is -11.7. The van der Waals surface area contributed by atoms with E-state index in [1.54, 1.807) is 0 Å². The zero-order valence-corrected chi connectivity index (χ0v) is 9.84. The van der Waals surface area contributed by atoms with Crippen LogP contribution in [-0.2, 0) is 5.60 Å². The van der Waals surface area contributed by atoms with E-state index in [-0.39, 0.29) is 6.20 Å². The van der Waals surface area contributed by atoms with Gasteiger partial charge in [0.2, 0.25) is 0 Å². The summed E-state index contributed by atoms with van der Waals surface area (Å²) in [5.41, 5.74) is -1.35. The first-order valence-corrected chi connectivity index (χ1v) is 5.03. The Bertz CT molecular complexity index is 448. The third-order valence-electron chi connectivity index (χ3n) is 2.53. The summed E-state index contributed by atoms with van der Waals surface area (Å²) in [4.78, 5) is 0. The minimum Gasteiger partial charge on any atom is -0.384 e. The Hall–Kier alpha value is -1.45. The Balaban J connectivity index is 3.54. The van der Waals surface area contributed by atoms with Crippen LogP contribution in [0.1, 0.15) is 25.5 Å². The molecule has 4 nitrogen and oxygen atoms in total. The number of rotatable bonds is 2. The van der Waals surface area contributed by atoms with E-state index in [1.165, 1.54) is 13.8 Å². The summed E-state index contributed by atoms with van der Waals surface area (Å²) in [7, 11) is 0. The van der Waals surface area contributed by atoms with Crippen LogP contribution in [0.5, 0.6) is 0 Å². The van der Waals surface area contributed by atoms with E-state index in [2.05, 4.69) is 5.10 Å². The number of alkyl halides is 6. The van der Waals surface area contributed by atoms with Crippen LogP contribution in [0.2, 0.25) is 0 Å². The molecule has 0 unspecified atom stereocenters. The van der Waals surface area contributed by atoms with E-state index < -0.39 is 35.4 Å². The van der Waals surface area contributed by atoms with E-state index >= 15 is 0 Å². The van der Waals surface area contributed by atoms with Gasteiger partial charge in [0.15, 0.2) is 0 Å². The summed E-state index contributed by atoms with van der Waals surface area (Å²) in [5, 5.41) is 12.5. The first kappa shape index (κ1) is 15.6. The monoisotopic (exact) mass is 291 g/mol. The molecule has 0 saturated carbocycles. The Kier molecular flexibility index (Phi) is 3.52. The highest BCUT2D eigenvalue weighted by molar-refractivity contribution is 5.45. The number of nitrogens with zero attached hydrogens (tertiary/aromatic N) is 2. The molecular weight excluding hydrogens is 280 g/mol. The topological polar surface area (TPSA) is 64.1 Å². The van der Waals surface area contributed by atoms with Crippen LogP contribution < -0.4 is 5.73 Å². The summed E-state index contributed by atoms with van der Waals surface area (Å²) in [5.74, 6) is -0.882. The molecule has 110 valence electrons. The lowest BCUT2D eigenvalue weighted by Crippen LogP contribution is -2.54. The van der Waals surface area contributed by atoms with Gasteiger partial charge in [-0.2, -0.15) is 31.4 Å². The van der Waals surface area contributed by atoms with Crippen molar-refractivity contribution in [2.24, 2.45) is 0 Å². The van der Waals surface area contributed by atoms with Crippen molar-refractivity contribution in [3.05, 3.63) is 11.8 Å². The number of nitrogen functional groups attached to an aromatic ring is 1. The average Bonchev–Trinajstić information content (AvgIpc) is 2.55. The highest BCUT2D eigenvalue weighted by Crippen LogP contribution is 2.51. The fraction of sp³-hybridized carbons (Fsp3) is 0.667. The van der Waals surface area contributed by atoms with E-state index in [9.17, 15) is 26.3 Å². The first-order chi connectivity index (χ1) is 8.34. The Morgan fingerprint density at radius 3 is 1.84 bits per heavy atom. The molecule has 1 aromatic rings. The summed E-state index contributed by atoms with van der Waals surface area (Å²) < 4.78 is 76.4. The van der Waals surface area contributed by atoms with E-state index in [1.807, 2.05) is 0 Å². The van der Waals surface area contributed by atoms with Crippen LogP contribution in [0, 0.1) is 0 Å². The highest BCUT2D eigenvalue weighted by atomic mass is 19.4. The molecule has 0 atom stereocenters. The quantitative estimate of drug-likeness (QED) is 0.822. The maximum atomic E-state index is 12.6. The highest BCUT2D eigenvalue weighted by Gasteiger charge is 2.72. The lowest BCUT2D eigenvalue weighted by molar-refractivity contribution is -0.376. The number of nitrogens with two attached hydrogens (primary N) is 1. The molecule has 0 fully saturated rings. The van der Waals surface area contributed by atoms with Gasteiger partial charge in [0, 0.05) is 6.04 Å². The van der Waals surface area contributed by atoms with Crippen molar-refractivity contribution in [3.63, 3.8) is 0 Å². The number of halogens is 6. The maximum Gasteiger partial charge on any atom is 0.430 e. The van der Waals surface area contributed by atoms with Gasteiger partial charge < -0.3 is 10.8 Å². The number of hydrogen-bond donors (Lipinski definition) is 2. The molecular formula is C9H11F6N3O. The van der Waals surface area contributed by atoms with Crippen molar-refractivity contribution in [1.29, 1.82) is 0 Å². The molecule has 19 heavy (non-hydrogen) atoms. The van der Waals surface area contributed by atoms with Crippen LogP contribution >= 0.6 is 0 Å². The zero-order chi connectivity index (χ0) is 15.2. The Morgan fingerprint density at radius 1 is 1.16 bits per heavy atom. The predicted molar refractivity (Wildman–Crippen MR) is 53.0 cm³/mol. The van der Waals surface area contributed by atoms with Gasteiger partial charge in [-0.3, -0.25) is 0 Å². The predicted octanol–water partition coefficient (Wildman–Crippen LogP) is 2.36. The van der Waals surface area contributed by atoms with Gasteiger partial charge in [-0.25, -0.2) is 4.68 Å². The van der Waals surface area contributed by atoms with Crippen LogP contribution in [0.25, 0.3) is 0 Å². The minimum absolute atomic E-state index is 0.274. The molecule has 0 bridgehead atoms. The van der Waals surface area contributed by atoms with Crippen molar-refractivity contribution >= 4 is 5.82 Å². The molecule has 0 radical (unpaired) electrons. The SMILES string of the molecule is CC(C)n1ncc(C(O)(C(F)(F)F)C(F)(F)F)c1N. The number of aromatic nitrogens is 2. The molecule has 1 aromatic heterocycles. The molecule has 0 saturated heterocycles. The van der Waals surface area contributed by atoms with E-state index in [4.69, 9.17) is 10.8 Å².